The number of hydrogen-bond donors (Lipinski definition) is 3. The summed E-state index contributed by atoms with van der Waals surface area (Å²) in [5, 5.41) is 5.51. The van der Waals surface area contributed by atoms with E-state index < -0.39 is 35.6 Å². The Morgan fingerprint density at radius 1 is 0.947 bits per heavy atom. The third-order valence-electron chi connectivity index (χ3n) is 5.87. The second-order valence-electron chi connectivity index (χ2n) is 10.0. The first-order chi connectivity index (χ1) is 17.9. The van der Waals surface area contributed by atoms with Crippen molar-refractivity contribution in [2.24, 2.45) is 5.73 Å². The quantitative estimate of drug-likeness (QED) is 0.390. The maximum absolute atomic E-state index is 13.8. The van der Waals surface area contributed by atoms with E-state index in [9.17, 15) is 19.2 Å². The fourth-order valence-corrected chi connectivity index (χ4v) is 3.95. The number of hydrogen-bond acceptors (Lipinski definition) is 5. The maximum atomic E-state index is 13.8. The molecular weight excluding hydrogens is 484 g/mol. The van der Waals surface area contributed by atoms with Crippen LogP contribution in [0.1, 0.15) is 70.2 Å². The number of nitrogens with one attached hydrogen (secondary N) is 2. The average Bonchev–Trinajstić information content (AvgIpc) is 2.87. The van der Waals surface area contributed by atoms with Gasteiger partial charge in [0, 0.05) is 19.5 Å². The van der Waals surface area contributed by atoms with Crippen LogP contribution in [0, 0.1) is 0 Å². The number of benzene rings is 2. The summed E-state index contributed by atoms with van der Waals surface area (Å²) in [7, 11) is 0. The van der Waals surface area contributed by atoms with Crippen molar-refractivity contribution in [1.82, 2.24) is 15.5 Å². The number of rotatable bonds is 12. The lowest BCUT2D eigenvalue weighted by Crippen LogP contribution is -2.53. The van der Waals surface area contributed by atoms with Crippen molar-refractivity contribution < 1.29 is 23.9 Å². The summed E-state index contributed by atoms with van der Waals surface area (Å²) in [5.74, 6) is -1.48. The first kappa shape index (κ1) is 30.3. The highest BCUT2D eigenvalue weighted by atomic mass is 16.6. The summed E-state index contributed by atoms with van der Waals surface area (Å²) < 4.78 is 5.33. The number of nitrogens with zero attached hydrogens (tertiary/aromatic N) is 1. The van der Waals surface area contributed by atoms with E-state index in [4.69, 9.17) is 10.5 Å². The number of ether oxygens (including phenoxy) is 1. The third-order valence-corrected chi connectivity index (χ3v) is 5.87. The van der Waals surface area contributed by atoms with Crippen molar-refractivity contribution in [3.63, 3.8) is 0 Å². The lowest BCUT2D eigenvalue weighted by Gasteiger charge is -2.33. The molecule has 0 saturated carbocycles. The lowest BCUT2D eigenvalue weighted by molar-refractivity contribution is -0.142. The van der Waals surface area contributed by atoms with Gasteiger partial charge in [-0.2, -0.15) is 0 Å². The Morgan fingerprint density at radius 2 is 1.58 bits per heavy atom. The van der Waals surface area contributed by atoms with E-state index in [2.05, 4.69) is 10.6 Å². The molecule has 0 saturated heterocycles. The minimum Gasteiger partial charge on any atom is -0.444 e. The second-order valence-corrected chi connectivity index (χ2v) is 10.0. The summed E-state index contributed by atoms with van der Waals surface area (Å²) in [6.07, 6.45) is -0.123. The Hall–Kier alpha value is -3.88. The Morgan fingerprint density at radius 3 is 2.11 bits per heavy atom. The fraction of sp³-hybridized carbons (Fsp3) is 0.448. The molecule has 0 aliphatic heterocycles. The first-order valence-corrected chi connectivity index (χ1v) is 12.9. The molecular formula is C29H40N4O5. The standard InChI is InChI=1S/C29H40N4O5/c1-6-20-13-15-22(16-14-20)25(26(35)31-19-21-11-9-8-10-12-21)33(7-2)27(36)23(17-18-24(30)34)32-28(37)38-29(3,4)5/h8-16,23,25H,6-7,17-19H2,1-5H3,(H2,30,34)(H,31,35)(H,32,37). The van der Waals surface area contributed by atoms with E-state index in [0.717, 1.165) is 17.5 Å². The van der Waals surface area contributed by atoms with Gasteiger partial charge in [0.25, 0.3) is 0 Å². The number of carbonyl (C=O) groups is 4. The van der Waals surface area contributed by atoms with Gasteiger partial charge in [-0.3, -0.25) is 14.4 Å². The molecule has 0 aromatic heterocycles. The zero-order valence-corrected chi connectivity index (χ0v) is 23.0. The van der Waals surface area contributed by atoms with Crippen LogP contribution in [0.25, 0.3) is 0 Å². The van der Waals surface area contributed by atoms with Crippen LogP contribution in [-0.2, 0) is 32.1 Å². The monoisotopic (exact) mass is 524 g/mol. The highest BCUT2D eigenvalue weighted by Crippen LogP contribution is 2.24. The van der Waals surface area contributed by atoms with Crippen LogP contribution < -0.4 is 16.4 Å². The van der Waals surface area contributed by atoms with E-state index in [1.165, 1.54) is 4.90 Å². The van der Waals surface area contributed by atoms with Gasteiger partial charge in [0.05, 0.1) is 0 Å². The highest BCUT2D eigenvalue weighted by Gasteiger charge is 2.35. The lowest BCUT2D eigenvalue weighted by atomic mass is 9.99. The molecule has 2 rings (SSSR count). The second kappa shape index (κ2) is 14.2. The van der Waals surface area contributed by atoms with Gasteiger partial charge >= 0.3 is 6.09 Å². The molecule has 0 radical (unpaired) electrons. The number of carbonyl (C=O) groups excluding carboxylic acids is 4. The molecule has 38 heavy (non-hydrogen) atoms. The number of aryl methyl sites for hydroxylation is 1. The van der Waals surface area contributed by atoms with Crippen molar-refractivity contribution in [2.75, 3.05) is 6.54 Å². The number of alkyl carbamates (subject to hydrolysis) is 1. The zero-order chi connectivity index (χ0) is 28.3. The molecule has 4 N–H and O–H groups in total. The number of primary amides is 1. The predicted molar refractivity (Wildman–Crippen MR) is 146 cm³/mol. The molecule has 2 aromatic carbocycles. The maximum Gasteiger partial charge on any atom is 0.408 e. The van der Waals surface area contributed by atoms with Gasteiger partial charge in [-0.05, 0) is 57.2 Å². The van der Waals surface area contributed by atoms with E-state index in [0.29, 0.717) is 5.56 Å². The van der Waals surface area contributed by atoms with Crippen LogP contribution in [0.4, 0.5) is 4.79 Å². The molecule has 0 bridgehead atoms. The van der Waals surface area contributed by atoms with Crippen LogP contribution in [0.2, 0.25) is 0 Å². The van der Waals surface area contributed by atoms with Gasteiger partial charge in [-0.1, -0.05) is 61.5 Å². The Labute approximate surface area is 225 Å². The molecule has 0 heterocycles. The van der Waals surface area contributed by atoms with Crippen LogP contribution in [0.15, 0.2) is 54.6 Å². The van der Waals surface area contributed by atoms with E-state index >= 15 is 0 Å². The van der Waals surface area contributed by atoms with E-state index in [1.54, 1.807) is 27.7 Å². The average molecular weight is 525 g/mol. The van der Waals surface area contributed by atoms with Crippen LogP contribution >= 0.6 is 0 Å². The smallest absolute Gasteiger partial charge is 0.408 e. The van der Waals surface area contributed by atoms with Crippen molar-refractivity contribution in [3.8, 4) is 0 Å². The van der Waals surface area contributed by atoms with Crippen LogP contribution in [-0.4, -0.2) is 46.9 Å². The van der Waals surface area contributed by atoms with Gasteiger partial charge in [0.2, 0.25) is 17.7 Å². The van der Waals surface area contributed by atoms with Gasteiger partial charge in [-0.15, -0.1) is 0 Å². The van der Waals surface area contributed by atoms with Gasteiger partial charge in [-0.25, -0.2) is 4.79 Å². The molecule has 2 aromatic rings. The summed E-state index contributed by atoms with van der Waals surface area (Å²) in [6, 6.07) is 14.9. The summed E-state index contributed by atoms with van der Waals surface area (Å²) in [6.45, 7) is 9.38. The van der Waals surface area contributed by atoms with E-state index in [-0.39, 0.29) is 31.8 Å². The molecule has 0 aliphatic carbocycles. The summed E-state index contributed by atoms with van der Waals surface area (Å²) in [4.78, 5) is 52.9. The highest BCUT2D eigenvalue weighted by molar-refractivity contribution is 5.92. The van der Waals surface area contributed by atoms with Crippen LogP contribution in [0.3, 0.4) is 0 Å². The number of likely N-dealkylation sites (N-methyl/N-ethyl adjacent to an activating group) is 1. The molecule has 0 spiro atoms. The topological polar surface area (TPSA) is 131 Å². The molecule has 0 aliphatic rings. The Kier molecular flexibility index (Phi) is 11.3. The largest absolute Gasteiger partial charge is 0.444 e. The first-order valence-electron chi connectivity index (χ1n) is 12.9. The Bertz CT molecular complexity index is 1080. The third kappa shape index (κ3) is 9.53. The van der Waals surface area contributed by atoms with Crippen molar-refractivity contribution in [3.05, 3.63) is 71.3 Å². The van der Waals surface area contributed by atoms with Crippen LogP contribution in [0.5, 0.6) is 0 Å². The molecule has 0 fully saturated rings. The van der Waals surface area contributed by atoms with Crippen molar-refractivity contribution in [1.29, 1.82) is 0 Å². The molecule has 9 nitrogen and oxygen atoms in total. The molecule has 206 valence electrons. The minimum absolute atomic E-state index is 0.0307. The SMILES string of the molecule is CCc1ccc(C(C(=O)NCc2ccccc2)N(CC)C(=O)C(CCC(N)=O)NC(=O)OC(C)(C)C)cc1. The number of amides is 4. The zero-order valence-electron chi connectivity index (χ0n) is 23.0. The Balaban J connectivity index is 2.39. The van der Waals surface area contributed by atoms with E-state index in [1.807, 2.05) is 61.5 Å². The molecule has 9 heteroatoms. The van der Waals surface area contributed by atoms with Crippen molar-refractivity contribution >= 4 is 23.8 Å². The molecule has 2 atom stereocenters. The van der Waals surface area contributed by atoms with Gasteiger partial charge in [0.1, 0.15) is 17.7 Å². The number of nitrogens with two attached hydrogens (primary N) is 1. The van der Waals surface area contributed by atoms with Gasteiger partial charge < -0.3 is 26.0 Å². The predicted octanol–water partition coefficient (Wildman–Crippen LogP) is 3.61. The van der Waals surface area contributed by atoms with Gasteiger partial charge in [0.15, 0.2) is 0 Å². The minimum atomic E-state index is -1.11. The summed E-state index contributed by atoms with van der Waals surface area (Å²) >= 11 is 0. The normalized spacial score (nSPS) is 12.7. The fourth-order valence-electron chi connectivity index (χ4n) is 3.95. The molecule has 4 amide bonds. The molecule has 2 unspecified atom stereocenters. The van der Waals surface area contributed by atoms with Crippen molar-refractivity contribution in [2.45, 2.75) is 78.1 Å². The summed E-state index contributed by atoms with van der Waals surface area (Å²) in [5.41, 5.74) is 7.19.